The Bertz CT molecular complexity index is 575. The van der Waals surface area contributed by atoms with Gasteiger partial charge in [-0.1, -0.05) is 29.4 Å². The first-order valence-electron chi connectivity index (χ1n) is 6.83. The van der Waals surface area contributed by atoms with Crippen LogP contribution in [0.2, 0.25) is 0 Å². The van der Waals surface area contributed by atoms with Gasteiger partial charge < -0.3 is 15.3 Å². The molecule has 2 N–H and O–H groups in total. The van der Waals surface area contributed by atoms with Gasteiger partial charge in [0, 0.05) is 5.56 Å². The van der Waals surface area contributed by atoms with Crippen molar-refractivity contribution in [1.29, 1.82) is 0 Å². The lowest BCUT2D eigenvalue weighted by atomic mass is 10.0. The van der Waals surface area contributed by atoms with E-state index in [0.717, 1.165) is 0 Å². The van der Waals surface area contributed by atoms with Gasteiger partial charge in [-0.2, -0.15) is 13.2 Å². The summed E-state index contributed by atoms with van der Waals surface area (Å²) >= 11 is 0. The molecule has 8 heteroatoms. The fourth-order valence-electron chi connectivity index (χ4n) is 1.78. The lowest BCUT2D eigenvalue weighted by Crippen LogP contribution is -2.34. The second-order valence-corrected chi connectivity index (χ2v) is 5.94. The van der Waals surface area contributed by atoms with Crippen LogP contribution in [0.1, 0.15) is 44.9 Å². The highest BCUT2D eigenvalue weighted by Gasteiger charge is 2.37. The highest BCUT2D eigenvalue weighted by Crippen LogP contribution is 2.23. The van der Waals surface area contributed by atoms with Crippen molar-refractivity contribution in [2.75, 3.05) is 0 Å². The lowest BCUT2D eigenvalue weighted by Gasteiger charge is -2.22. The molecule has 1 aromatic rings. The van der Waals surface area contributed by atoms with Crippen LogP contribution in [0.5, 0.6) is 0 Å². The van der Waals surface area contributed by atoms with Crippen molar-refractivity contribution in [2.24, 2.45) is 5.16 Å². The smallest absolute Gasteiger partial charge is 0.437 e. The van der Waals surface area contributed by atoms with Gasteiger partial charge in [0.2, 0.25) is 0 Å². The number of rotatable bonds is 3. The molecule has 0 bridgehead atoms. The van der Waals surface area contributed by atoms with E-state index in [1.807, 2.05) is 0 Å². The van der Waals surface area contributed by atoms with Gasteiger partial charge in [-0.3, -0.25) is 0 Å². The number of ether oxygens (including phenoxy) is 1. The summed E-state index contributed by atoms with van der Waals surface area (Å²) in [5, 5.41) is 13.4. The standard InChI is InChI=1S/C15H19F3N2O3/c1-9(19-13(21)23-14(2,3)4)10-5-7-11(8-6-10)12(20-22)15(16,17)18/h5-9,22H,1-4H3,(H,19,21). The molecule has 0 heterocycles. The molecule has 0 saturated heterocycles. The first kappa shape index (κ1) is 18.8. The van der Waals surface area contributed by atoms with Crippen molar-refractivity contribution in [3.8, 4) is 0 Å². The molecule has 1 aromatic carbocycles. The Morgan fingerprint density at radius 2 is 1.74 bits per heavy atom. The Morgan fingerprint density at radius 1 is 1.22 bits per heavy atom. The summed E-state index contributed by atoms with van der Waals surface area (Å²) in [6, 6.07) is 4.71. The van der Waals surface area contributed by atoms with Gasteiger partial charge in [0.15, 0.2) is 5.71 Å². The van der Waals surface area contributed by atoms with E-state index in [-0.39, 0.29) is 5.56 Å². The Hall–Kier alpha value is -2.25. The fraction of sp³-hybridized carbons (Fsp3) is 0.467. The van der Waals surface area contributed by atoms with Crippen LogP contribution in [0.3, 0.4) is 0 Å². The molecule has 1 atom stereocenters. The number of carbonyl (C=O) groups excluding carboxylic acids is 1. The average Bonchev–Trinajstić information content (AvgIpc) is 2.36. The van der Waals surface area contributed by atoms with Gasteiger partial charge in [0.05, 0.1) is 6.04 Å². The summed E-state index contributed by atoms with van der Waals surface area (Å²) in [7, 11) is 0. The predicted octanol–water partition coefficient (Wildman–Crippen LogP) is 4.01. The number of amides is 1. The molecule has 0 aliphatic carbocycles. The topological polar surface area (TPSA) is 70.9 Å². The molecule has 23 heavy (non-hydrogen) atoms. The molecule has 0 aromatic heterocycles. The highest BCUT2D eigenvalue weighted by atomic mass is 19.4. The quantitative estimate of drug-likeness (QED) is 0.499. The van der Waals surface area contributed by atoms with Crippen LogP contribution in [-0.2, 0) is 4.74 Å². The number of nitrogens with one attached hydrogen (secondary N) is 1. The maximum Gasteiger partial charge on any atom is 0.437 e. The third-order valence-corrected chi connectivity index (χ3v) is 2.79. The number of benzene rings is 1. The molecule has 0 aliphatic heterocycles. The normalized spacial score (nSPS) is 14.3. The summed E-state index contributed by atoms with van der Waals surface area (Å²) in [6.07, 6.45) is -5.38. The van der Waals surface area contributed by atoms with E-state index < -0.39 is 29.6 Å². The minimum atomic E-state index is -4.75. The number of hydrogen-bond donors (Lipinski definition) is 2. The molecule has 1 unspecified atom stereocenters. The maximum absolute atomic E-state index is 12.6. The van der Waals surface area contributed by atoms with Gasteiger partial charge in [0.25, 0.3) is 0 Å². The number of nitrogens with zero attached hydrogens (tertiary/aromatic N) is 1. The Labute approximate surface area is 132 Å². The number of alkyl halides is 3. The molecule has 0 fully saturated rings. The van der Waals surface area contributed by atoms with Gasteiger partial charge in [-0.15, -0.1) is 0 Å². The molecule has 128 valence electrons. The van der Waals surface area contributed by atoms with Crippen molar-refractivity contribution in [3.63, 3.8) is 0 Å². The number of halogens is 3. The monoisotopic (exact) mass is 332 g/mol. The van der Waals surface area contributed by atoms with Crippen LogP contribution in [0.4, 0.5) is 18.0 Å². The number of hydrogen-bond acceptors (Lipinski definition) is 4. The summed E-state index contributed by atoms with van der Waals surface area (Å²) in [4.78, 5) is 11.7. The molecular weight excluding hydrogens is 313 g/mol. The van der Waals surface area contributed by atoms with Crippen LogP contribution in [0.15, 0.2) is 29.4 Å². The van der Waals surface area contributed by atoms with E-state index in [2.05, 4.69) is 10.5 Å². The Morgan fingerprint density at radius 3 is 2.13 bits per heavy atom. The van der Waals surface area contributed by atoms with Crippen molar-refractivity contribution >= 4 is 11.8 Å². The molecule has 1 amide bonds. The van der Waals surface area contributed by atoms with E-state index in [9.17, 15) is 18.0 Å². The first-order chi connectivity index (χ1) is 10.4. The van der Waals surface area contributed by atoms with Crippen molar-refractivity contribution in [3.05, 3.63) is 35.4 Å². The number of oxime groups is 1. The van der Waals surface area contributed by atoms with Crippen LogP contribution in [0, 0.1) is 0 Å². The molecular formula is C15H19F3N2O3. The zero-order valence-electron chi connectivity index (χ0n) is 13.2. The van der Waals surface area contributed by atoms with E-state index in [1.54, 1.807) is 27.7 Å². The zero-order chi connectivity index (χ0) is 17.8. The third-order valence-electron chi connectivity index (χ3n) is 2.79. The molecule has 1 rings (SSSR count). The van der Waals surface area contributed by atoms with Gasteiger partial charge in [-0.25, -0.2) is 4.79 Å². The van der Waals surface area contributed by atoms with Gasteiger partial charge in [0.1, 0.15) is 5.60 Å². The average molecular weight is 332 g/mol. The Balaban J connectivity index is 2.82. The minimum absolute atomic E-state index is 0.270. The highest BCUT2D eigenvalue weighted by molar-refractivity contribution is 6.04. The van der Waals surface area contributed by atoms with E-state index >= 15 is 0 Å². The molecule has 0 radical (unpaired) electrons. The minimum Gasteiger partial charge on any atom is -0.444 e. The second-order valence-electron chi connectivity index (χ2n) is 5.94. The van der Waals surface area contributed by atoms with Crippen LogP contribution < -0.4 is 5.32 Å². The van der Waals surface area contributed by atoms with Gasteiger partial charge in [-0.05, 0) is 33.3 Å². The summed E-state index contributed by atoms with van der Waals surface area (Å²) < 4.78 is 43.0. The van der Waals surface area contributed by atoms with Crippen molar-refractivity contribution in [1.82, 2.24) is 5.32 Å². The predicted molar refractivity (Wildman–Crippen MR) is 78.6 cm³/mol. The maximum atomic E-state index is 12.6. The zero-order valence-corrected chi connectivity index (χ0v) is 13.2. The Kier molecular flexibility index (Phi) is 5.63. The largest absolute Gasteiger partial charge is 0.444 e. The fourth-order valence-corrected chi connectivity index (χ4v) is 1.78. The number of carbonyl (C=O) groups is 1. The van der Waals surface area contributed by atoms with Crippen LogP contribution >= 0.6 is 0 Å². The number of alkyl carbamates (subject to hydrolysis) is 1. The lowest BCUT2D eigenvalue weighted by molar-refractivity contribution is -0.0601. The second kappa shape index (κ2) is 6.89. The summed E-state index contributed by atoms with van der Waals surface area (Å²) in [5.74, 6) is 0. The summed E-state index contributed by atoms with van der Waals surface area (Å²) in [5.41, 5.74) is -1.71. The molecule has 0 spiro atoms. The third kappa shape index (κ3) is 5.80. The van der Waals surface area contributed by atoms with E-state index in [0.29, 0.717) is 5.56 Å². The van der Waals surface area contributed by atoms with E-state index in [4.69, 9.17) is 9.94 Å². The SMILES string of the molecule is CC(NC(=O)OC(C)(C)C)c1ccc(C(=NO)C(F)(F)F)cc1. The van der Waals surface area contributed by atoms with Crippen molar-refractivity contribution < 1.29 is 27.9 Å². The van der Waals surface area contributed by atoms with Gasteiger partial charge >= 0.3 is 12.3 Å². The molecule has 5 nitrogen and oxygen atoms in total. The van der Waals surface area contributed by atoms with E-state index in [1.165, 1.54) is 24.3 Å². The van der Waals surface area contributed by atoms with Crippen LogP contribution in [0.25, 0.3) is 0 Å². The molecule has 0 saturated carbocycles. The first-order valence-corrected chi connectivity index (χ1v) is 6.83. The van der Waals surface area contributed by atoms with Crippen LogP contribution in [-0.4, -0.2) is 28.8 Å². The summed E-state index contributed by atoms with van der Waals surface area (Å²) in [6.45, 7) is 6.83. The van der Waals surface area contributed by atoms with Crippen molar-refractivity contribution in [2.45, 2.75) is 45.5 Å². The molecule has 0 aliphatic rings.